The summed E-state index contributed by atoms with van der Waals surface area (Å²) in [6.07, 6.45) is 8.90. The Morgan fingerprint density at radius 3 is 3.00 bits per heavy atom. The standard InChI is InChI=1S/C8H13N/c1-3-5-6-8-9-7-4-2/h1,6H,4-5,7-8H2,2H3. The van der Waals surface area contributed by atoms with Crippen LogP contribution in [0.15, 0.2) is 0 Å². The Morgan fingerprint density at radius 2 is 2.44 bits per heavy atom. The van der Waals surface area contributed by atoms with Crippen molar-refractivity contribution in [3.8, 4) is 12.3 Å². The lowest BCUT2D eigenvalue weighted by molar-refractivity contribution is 0.692. The molecule has 0 aromatic carbocycles. The lowest BCUT2D eigenvalue weighted by Gasteiger charge is -1.94. The van der Waals surface area contributed by atoms with Gasteiger partial charge in [-0.2, -0.15) is 0 Å². The summed E-state index contributed by atoms with van der Waals surface area (Å²) >= 11 is 0. The van der Waals surface area contributed by atoms with E-state index in [1.54, 1.807) is 0 Å². The van der Waals surface area contributed by atoms with E-state index in [1.807, 2.05) is 6.42 Å². The highest BCUT2D eigenvalue weighted by molar-refractivity contribution is 4.90. The first-order valence-corrected chi connectivity index (χ1v) is 3.30. The third-order valence-corrected chi connectivity index (χ3v) is 0.902. The van der Waals surface area contributed by atoms with Crippen molar-refractivity contribution in [1.82, 2.24) is 5.32 Å². The Bertz CT molecular complexity index is 81.1. The highest BCUT2D eigenvalue weighted by Crippen LogP contribution is 1.82. The van der Waals surface area contributed by atoms with Gasteiger partial charge in [-0.05, 0) is 12.8 Å². The van der Waals surface area contributed by atoms with E-state index in [0.29, 0.717) is 0 Å². The molecule has 0 amide bonds. The maximum atomic E-state index is 5.02. The van der Waals surface area contributed by atoms with Gasteiger partial charge in [-0.1, -0.05) is 6.92 Å². The zero-order chi connectivity index (χ0) is 6.95. The van der Waals surface area contributed by atoms with Gasteiger partial charge in [0.25, 0.3) is 0 Å². The van der Waals surface area contributed by atoms with Gasteiger partial charge < -0.3 is 0 Å². The quantitative estimate of drug-likeness (QED) is 0.385. The van der Waals surface area contributed by atoms with E-state index < -0.39 is 0 Å². The fraction of sp³-hybridized carbons (Fsp3) is 0.625. The van der Waals surface area contributed by atoms with Gasteiger partial charge in [0.15, 0.2) is 0 Å². The van der Waals surface area contributed by atoms with Crippen LogP contribution in [0.25, 0.3) is 0 Å². The van der Waals surface area contributed by atoms with Crippen molar-refractivity contribution in [2.45, 2.75) is 19.8 Å². The van der Waals surface area contributed by atoms with E-state index in [9.17, 15) is 0 Å². The lowest BCUT2D eigenvalue weighted by Crippen LogP contribution is -2.07. The van der Waals surface area contributed by atoms with Gasteiger partial charge in [-0.3, -0.25) is 0 Å². The van der Waals surface area contributed by atoms with Crippen molar-refractivity contribution in [3.63, 3.8) is 0 Å². The SMILES string of the molecule is C#CC[CH]C[N]CCC. The predicted molar refractivity (Wildman–Crippen MR) is 39.9 cm³/mol. The average molecular weight is 123 g/mol. The monoisotopic (exact) mass is 123 g/mol. The van der Waals surface area contributed by atoms with E-state index in [2.05, 4.69) is 18.2 Å². The largest absolute Gasteiger partial charge is 0.241 e. The van der Waals surface area contributed by atoms with Crippen molar-refractivity contribution in [1.29, 1.82) is 0 Å². The smallest absolute Gasteiger partial charge is 0.0174 e. The van der Waals surface area contributed by atoms with Crippen LogP contribution in [0.1, 0.15) is 19.8 Å². The predicted octanol–water partition coefficient (Wildman–Crippen LogP) is 1.23. The number of nitrogens with zero attached hydrogens (tertiary/aromatic N) is 1. The molecule has 0 atom stereocenters. The molecule has 0 aliphatic carbocycles. The Hall–Kier alpha value is -0.480. The van der Waals surface area contributed by atoms with Crippen LogP contribution in [0.2, 0.25) is 0 Å². The average Bonchev–Trinajstić information content (AvgIpc) is 1.89. The van der Waals surface area contributed by atoms with Gasteiger partial charge in [-0.15, -0.1) is 12.3 Å². The molecule has 9 heavy (non-hydrogen) atoms. The zero-order valence-corrected chi connectivity index (χ0v) is 5.93. The van der Waals surface area contributed by atoms with Crippen LogP contribution < -0.4 is 5.32 Å². The van der Waals surface area contributed by atoms with Gasteiger partial charge in [0.2, 0.25) is 0 Å². The molecule has 1 nitrogen and oxygen atoms in total. The minimum absolute atomic E-state index is 0.743. The minimum atomic E-state index is 0.743. The molecule has 0 heterocycles. The molecule has 0 spiro atoms. The molecule has 0 N–H and O–H groups in total. The number of unbranched alkanes of at least 4 members (excludes halogenated alkanes) is 1. The van der Waals surface area contributed by atoms with Crippen LogP contribution in [-0.2, 0) is 0 Å². The first-order chi connectivity index (χ1) is 4.41. The van der Waals surface area contributed by atoms with Crippen LogP contribution in [0, 0.1) is 18.8 Å². The summed E-state index contributed by atoms with van der Waals surface area (Å²) in [7, 11) is 0. The maximum absolute atomic E-state index is 5.02. The normalized spacial score (nSPS) is 8.89. The Labute approximate surface area is 57.8 Å². The van der Waals surface area contributed by atoms with E-state index in [4.69, 9.17) is 6.42 Å². The van der Waals surface area contributed by atoms with Crippen molar-refractivity contribution in [2.75, 3.05) is 13.1 Å². The molecule has 0 aliphatic rings. The van der Waals surface area contributed by atoms with Gasteiger partial charge in [0, 0.05) is 19.5 Å². The van der Waals surface area contributed by atoms with Crippen molar-refractivity contribution in [3.05, 3.63) is 6.42 Å². The minimum Gasteiger partial charge on any atom is -0.241 e. The summed E-state index contributed by atoms with van der Waals surface area (Å²) in [5.74, 6) is 2.53. The van der Waals surface area contributed by atoms with Gasteiger partial charge in [0.1, 0.15) is 0 Å². The van der Waals surface area contributed by atoms with E-state index in [1.165, 1.54) is 0 Å². The van der Waals surface area contributed by atoms with Crippen LogP contribution in [0.3, 0.4) is 0 Å². The fourth-order valence-corrected chi connectivity index (χ4v) is 0.489. The first kappa shape index (κ1) is 8.52. The van der Waals surface area contributed by atoms with Crippen LogP contribution in [-0.4, -0.2) is 13.1 Å². The summed E-state index contributed by atoms with van der Waals surface area (Å²) in [5.41, 5.74) is 0. The zero-order valence-electron chi connectivity index (χ0n) is 5.93. The van der Waals surface area contributed by atoms with E-state index >= 15 is 0 Å². The number of hydrogen-bond acceptors (Lipinski definition) is 0. The number of hydrogen-bond donors (Lipinski definition) is 0. The second-order valence-corrected chi connectivity index (χ2v) is 1.83. The molecule has 0 rings (SSSR count). The van der Waals surface area contributed by atoms with Crippen LogP contribution in [0.5, 0.6) is 0 Å². The number of terminal acetylenes is 1. The van der Waals surface area contributed by atoms with Crippen LogP contribution >= 0.6 is 0 Å². The van der Waals surface area contributed by atoms with Crippen LogP contribution in [0.4, 0.5) is 0 Å². The van der Waals surface area contributed by atoms with E-state index in [0.717, 1.165) is 25.9 Å². The summed E-state index contributed by atoms with van der Waals surface area (Å²) in [6.45, 7) is 3.89. The first-order valence-electron chi connectivity index (χ1n) is 3.30. The number of rotatable bonds is 5. The second kappa shape index (κ2) is 7.52. The molecule has 0 aliphatic heterocycles. The molecule has 0 bridgehead atoms. The molecule has 2 radical (unpaired) electrons. The van der Waals surface area contributed by atoms with Gasteiger partial charge >= 0.3 is 0 Å². The molecule has 0 saturated carbocycles. The van der Waals surface area contributed by atoms with Crippen molar-refractivity contribution in [2.24, 2.45) is 0 Å². The summed E-state index contributed by atoms with van der Waals surface area (Å²) < 4.78 is 0. The molecule has 0 unspecified atom stereocenters. The van der Waals surface area contributed by atoms with E-state index in [-0.39, 0.29) is 0 Å². The topological polar surface area (TPSA) is 14.1 Å². The third-order valence-electron chi connectivity index (χ3n) is 0.902. The maximum Gasteiger partial charge on any atom is 0.0174 e. The molecule has 0 saturated heterocycles. The third kappa shape index (κ3) is 7.52. The summed E-state index contributed by atoms with van der Waals surface area (Å²) in [4.78, 5) is 0. The second-order valence-electron chi connectivity index (χ2n) is 1.83. The van der Waals surface area contributed by atoms with Crippen molar-refractivity contribution >= 4 is 0 Å². The molecule has 0 aromatic heterocycles. The molecular weight excluding hydrogens is 110 g/mol. The summed E-state index contributed by atoms with van der Waals surface area (Å²) in [5, 5.41) is 4.18. The summed E-state index contributed by atoms with van der Waals surface area (Å²) in [6, 6.07) is 0. The molecule has 50 valence electrons. The molecule has 1 heteroatoms. The molecule has 0 fully saturated rings. The Morgan fingerprint density at radius 1 is 1.67 bits per heavy atom. The Balaban J connectivity index is 2.69. The highest BCUT2D eigenvalue weighted by Gasteiger charge is 1.84. The molecule has 0 aromatic rings. The molecular formula is C8H13N. The van der Waals surface area contributed by atoms with Gasteiger partial charge in [-0.25, -0.2) is 5.32 Å². The fourth-order valence-electron chi connectivity index (χ4n) is 0.489. The Kier molecular flexibility index (Phi) is 7.12. The lowest BCUT2D eigenvalue weighted by atomic mass is 10.3. The van der Waals surface area contributed by atoms with Crippen molar-refractivity contribution < 1.29 is 0 Å². The van der Waals surface area contributed by atoms with Gasteiger partial charge in [0.05, 0.1) is 0 Å². The highest BCUT2D eigenvalue weighted by atomic mass is 14.8.